The van der Waals surface area contributed by atoms with Crippen LogP contribution in [0.1, 0.15) is 62.3 Å². The molecule has 0 heterocycles. The molecule has 0 unspecified atom stereocenters. The number of hydrogen-bond acceptors (Lipinski definition) is 6. The molecule has 0 saturated carbocycles. The Morgan fingerprint density at radius 2 is 0.926 bits per heavy atom. The lowest BCUT2D eigenvalue weighted by Crippen LogP contribution is -2.38. The van der Waals surface area contributed by atoms with Crippen LogP contribution in [0.15, 0.2) is 0 Å². The summed E-state index contributed by atoms with van der Waals surface area (Å²) >= 11 is 0. The molecule has 12 heteroatoms. The van der Waals surface area contributed by atoms with Gasteiger partial charge in [-0.3, -0.25) is 0 Å². The molecule has 0 radical (unpaired) electrons. The Hall–Kier alpha value is -0.270. The third-order valence-electron chi connectivity index (χ3n) is 3.18. The van der Waals surface area contributed by atoms with E-state index in [9.17, 15) is 25.3 Å². The maximum atomic E-state index is 11.3. The van der Waals surface area contributed by atoms with E-state index in [2.05, 4.69) is 4.72 Å². The maximum Gasteiger partial charge on any atom is 0.218 e. The van der Waals surface area contributed by atoms with Crippen molar-refractivity contribution in [1.82, 2.24) is 9.03 Å². The molecule has 168 valence electrons. The topological polar surface area (TPSA) is 144 Å². The first-order valence-electron chi connectivity index (χ1n) is 8.13. The summed E-state index contributed by atoms with van der Waals surface area (Å²) in [5.41, 5.74) is 0. The predicted molar refractivity (Wildman–Crippen MR) is 113 cm³/mol. The van der Waals surface area contributed by atoms with Crippen LogP contribution in [0.4, 0.5) is 0 Å². The van der Waals surface area contributed by atoms with E-state index in [-0.39, 0.29) is 0 Å². The number of rotatable bonds is 2. The molecule has 0 aliphatic rings. The zero-order valence-corrected chi connectivity index (χ0v) is 21.1. The molecule has 0 amide bonds. The minimum atomic E-state index is -3.34. The second-order valence-corrected chi connectivity index (χ2v) is 16.7. The second-order valence-electron chi connectivity index (χ2n) is 8.88. The van der Waals surface area contributed by atoms with E-state index < -0.39 is 44.3 Å². The molecule has 0 rings (SSSR count). The van der Waals surface area contributed by atoms with Crippen LogP contribution >= 0.6 is 0 Å². The van der Waals surface area contributed by atoms with Gasteiger partial charge in [0.25, 0.3) is 0 Å². The number of nitrogens with one attached hydrogen (secondary N) is 1. The zero-order chi connectivity index (χ0) is 23.3. The molecule has 27 heavy (non-hydrogen) atoms. The normalized spacial score (nSPS) is 14.0. The summed E-state index contributed by atoms with van der Waals surface area (Å²) < 4.78 is 66.5. The first-order chi connectivity index (χ1) is 11.3. The SMILES string of the molecule is CC(C)(C)S(N)(=O)=O.CN(C)S(=O)(=O)C(C)(C)C.CNS(=O)(=O)C(C)(C)C. The molecule has 0 spiro atoms. The Bertz CT molecular complexity index is 749. The smallest absolute Gasteiger partial charge is 0.218 e. The molecule has 0 aliphatic carbocycles. The van der Waals surface area contributed by atoms with Crippen molar-refractivity contribution in [2.45, 2.75) is 76.6 Å². The van der Waals surface area contributed by atoms with E-state index in [0.29, 0.717) is 0 Å². The van der Waals surface area contributed by atoms with Crippen LogP contribution in [0.2, 0.25) is 0 Å². The fourth-order valence-electron chi connectivity index (χ4n) is 0.854. The van der Waals surface area contributed by atoms with Crippen molar-refractivity contribution in [3.63, 3.8) is 0 Å². The van der Waals surface area contributed by atoms with Crippen LogP contribution in [0.25, 0.3) is 0 Å². The van der Waals surface area contributed by atoms with Crippen molar-refractivity contribution in [2.24, 2.45) is 5.14 Å². The standard InChI is InChI=1S/C6H15NO2S.C5H13NO2S.C4H11NO2S/c1-6(2,3)10(8,9)7(4)5;1-5(2,3)9(7,8)6-4;1-4(2,3)8(5,6)7/h1-5H3;6H,1-4H3;1-3H3,(H2,5,6,7). The third-order valence-corrected chi connectivity index (χ3v) is 9.55. The summed E-state index contributed by atoms with van der Waals surface area (Å²) in [5.74, 6) is 0. The average molecular weight is 454 g/mol. The highest BCUT2D eigenvalue weighted by Gasteiger charge is 2.30. The van der Waals surface area contributed by atoms with Gasteiger partial charge in [-0.05, 0) is 69.4 Å². The van der Waals surface area contributed by atoms with Crippen LogP contribution in [0.5, 0.6) is 0 Å². The van der Waals surface area contributed by atoms with E-state index in [1.807, 2.05) is 0 Å². The molecule has 0 fully saturated rings. The van der Waals surface area contributed by atoms with E-state index in [1.54, 1.807) is 76.4 Å². The van der Waals surface area contributed by atoms with Crippen LogP contribution in [0, 0.1) is 0 Å². The van der Waals surface area contributed by atoms with Gasteiger partial charge in [-0.1, -0.05) is 0 Å². The van der Waals surface area contributed by atoms with Crippen molar-refractivity contribution >= 4 is 30.1 Å². The number of nitrogens with two attached hydrogens (primary N) is 1. The van der Waals surface area contributed by atoms with E-state index >= 15 is 0 Å². The highest BCUT2D eigenvalue weighted by atomic mass is 32.2. The Kier molecular flexibility index (Phi) is 11.6. The van der Waals surface area contributed by atoms with Gasteiger partial charge in [-0.2, -0.15) is 0 Å². The lowest BCUT2D eigenvalue weighted by atomic mass is 10.3. The highest BCUT2D eigenvalue weighted by molar-refractivity contribution is 7.91. The lowest BCUT2D eigenvalue weighted by molar-refractivity contribution is 0.487. The van der Waals surface area contributed by atoms with E-state index in [1.165, 1.54) is 11.4 Å². The lowest BCUT2D eigenvalue weighted by Gasteiger charge is -2.23. The van der Waals surface area contributed by atoms with Gasteiger partial charge in [0, 0.05) is 14.1 Å². The fraction of sp³-hybridized carbons (Fsp3) is 1.00. The molecule has 0 bridgehead atoms. The summed E-state index contributed by atoms with van der Waals surface area (Å²) in [6.45, 7) is 14.7. The van der Waals surface area contributed by atoms with Gasteiger partial charge in [0.05, 0.1) is 14.2 Å². The molecule has 0 aromatic rings. The summed E-state index contributed by atoms with van der Waals surface area (Å²) in [5, 5.41) is 4.78. The summed E-state index contributed by atoms with van der Waals surface area (Å²) in [6, 6.07) is 0. The van der Waals surface area contributed by atoms with Gasteiger partial charge in [0.15, 0.2) is 0 Å². The third kappa shape index (κ3) is 11.3. The van der Waals surface area contributed by atoms with Gasteiger partial charge in [0.2, 0.25) is 30.1 Å². The molecule has 0 aromatic heterocycles. The Morgan fingerprint density at radius 1 is 0.667 bits per heavy atom. The quantitative estimate of drug-likeness (QED) is 0.640. The minimum absolute atomic E-state index is 0.684. The molecular weight excluding hydrogens is 414 g/mol. The Morgan fingerprint density at radius 3 is 0.926 bits per heavy atom. The van der Waals surface area contributed by atoms with E-state index in [0.717, 1.165) is 0 Å². The van der Waals surface area contributed by atoms with Gasteiger partial charge in [0.1, 0.15) is 0 Å². The number of nitrogens with zero attached hydrogens (tertiary/aromatic N) is 1. The van der Waals surface area contributed by atoms with E-state index in [4.69, 9.17) is 5.14 Å². The molecule has 9 nitrogen and oxygen atoms in total. The Labute approximate surface area is 167 Å². The fourth-order valence-corrected chi connectivity index (χ4v) is 2.56. The number of primary sulfonamides is 1. The second kappa shape index (κ2) is 9.97. The largest absolute Gasteiger partial charge is 0.228 e. The number of hydrogen-bond donors (Lipinski definition) is 2. The maximum absolute atomic E-state index is 11.3. The van der Waals surface area contributed by atoms with Gasteiger partial charge in [-0.25, -0.2) is 39.4 Å². The van der Waals surface area contributed by atoms with Crippen LogP contribution in [-0.4, -0.2) is 64.9 Å². The van der Waals surface area contributed by atoms with Crippen LogP contribution < -0.4 is 9.86 Å². The highest BCUT2D eigenvalue weighted by Crippen LogP contribution is 2.16. The van der Waals surface area contributed by atoms with Crippen LogP contribution in [-0.2, 0) is 30.1 Å². The van der Waals surface area contributed by atoms with Crippen molar-refractivity contribution in [2.75, 3.05) is 21.1 Å². The molecule has 0 aliphatic heterocycles. The predicted octanol–water partition coefficient (Wildman–Crippen LogP) is 1.08. The van der Waals surface area contributed by atoms with Crippen molar-refractivity contribution in [3.8, 4) is 0 Å². The first-order valence-corrected chi connectivity index (χ1v) is 12.6. The summed E-state index contributed by atoms with van der Waals surface area (Å²) in [6.07, 6.45) is 0. The van der Waals surface area contributed by atoms with Crippen LogP contribution in [0.3, 0.4) is 0 Å². The first kappa shape index (κ1) is 31.4. The van der Waals surface area contributed by atoms with Gasteiger partial charge >= 0.3 is 0 Å². The molecule has 0 saturated heterocycles. The molecular formula is C15H39N3O6S3. The minimum Gasteiger partial charge on any atom is -0.228 e. The molecule has 0 atom stereocenters. The summed E-state index contributed by atoms with van der Waals surface area (Å²) in [4.78, 5) is 0. The van der Waals surface area contributed by atoms with Crippen molar-refractivity contribution in [3.05, 3.63) is 0 Å². The zero-order valence-electron chi connectivity index (χ0n) is 18.7. The Balaban J connectivity index is -0.000000322. The number of sulfonamides is 3. The monoisotopic (exact) mass is 453 g/mol. The van der Waals surface area contributed by atoms with Crippen molar-refractivity contribution in [1.29, 1.82) is 0 Å². The summed E-state index contributed by atoms with van der Waals surface area (Å²) in [7, 11) is -5.01. The molecule has 0 aromatic carbocycles. The van der Waals surface area contributed by atoms with Crippen molar-refractivity contribution < 1.29 is 25.3 Å². The average Bonchev–Trinajstić information content (AvgIpc) is 2.34. The van der Waals surface area contributed by atoms with Gasteiger partial charge in [-0.15, -0.1) is 0 Å². The van der Waals surface area contributed by atoms with Gasteiger partial charge < -0.3 is 0 Å². The molecule has 3 N–H and O–H groups in total.